The maximum atomic E-state index is 12.5. The van der Waals surface area contributed by atoms with E-state index in [1.165, 1.54) is 23.3 Å². The van der Waals surface area contributed by atoms with Gasteiger partial charge in [-0.25, -0.2) is 13.1 Å². The SMILES string of the molecule is COc1cc2c(cc1OC)CN(CCCNS(=O)(=O)c1cc(Cl)ccc1Cl)CC2. The average molecular weight is 459 g/mol. The van der Waals surface area contributed by atoms with Gasteiger partial charge >= 0.3 is 0 Å². The van der Waals surface area contributed by atoms with Crippen LogP contribution in [0.25, 0.3) is 0 Å². The number of methoxy groups -OCH3 is 2. The van der Waals surface area contributed by atoms with Crippen LogP contribution in [0.15, 0.2) is 35.2 Å². The lowest BCUT2D eigenvalue weighted by atomic mass is 9.98. The maximum absolute atomic E-state index is 12.5. The van der Waals surface area contributed by atoms with Gasteiger partial charge in [0.15, 0.2) is 11.5 Å². The highest BCUT2D eigenvalue weighted by Gasteiger charge is 2.20. The summed E-state index contributed by atoms with van der Waals surface area (Å²) in [5.41, 5.74) is 2.47. The molecule has 0 saturated carbocycles. The smallest absolute Gasteiger partial charge is 0.242 e. The normalized spacial score (nSPS) is 14.5. The molecule has 1 N–H and O–H groups in total. The molecule has 1 aliphatic rings. The maximum Gasteiger partial charge on any atom is 0.242 e. The first-order chi connectivity index (χ1) is 13.8. The summed E-state index contributed by atoms with van der Waals surface area (Å²) in [7, 11) is -0.433. The van der Waals surface area contributed by atoms with E-state index >= 15 is 0 Å². The molecule has 2 aromatic carbocycles. The quantitative estimate of drug-likeness (QED) is 0.610. The minimum atomic E-state index is -3.70. The fraction of sp³-hybridized carbons (Fsp3) is 0.400. The Kier molecular flexibility index (Phi) is 7.29. The third-order valence-corrected chi connectivity index (χ3v) is 7.10. The van der Waals surface area contributed by atoms with Crippen molar-refractivity contribution in [3.63, 3.8) is 0 Å². The summed E-state index contributed by atoms with van der Waals surface area (Å²) in [6, 6.07) is 8.45. The van der Waals surface area contributed by atoms with E-state index < -0.39 is 10.0 Å². The predicted molar refractivity (Wildman–Crippen MR) is 115 cm³/mol. The molecule has 9 heteroatoms. The molecule has 0 fully saturated rings. The Morgan fingerprint density at radius 1 is 1.07 bits per heavy atom. The molecule has 1 heterocycles. The Morgan fingerprint density at radius 3 is 2.45 bits per heavy atom. The van der Waals surface area contributed by atoms with Crippen molar-refractivity contribution in [3.8, 4) is 11.5 Å². The molecule has 158 valence electrons. The second-order valence-electron chi connectivity index (χ2n) is 6.83. The lowest BCUT2D eigenvalue weighted by Gasteiger charge is -2.29. The van der Waals surface area contributed by atoms with Gasteiger partial charge in [0, 0.05) is 24.7 Å². The van der Waals surface area contributed by atoms with Crippen molar-refractivity contribution in [1.29, 1.82) is 0 Å². The monoisotopic (exact) mass is 458 g/mol. The van der Waals surface area contributed by atoms with E-state index in [0.717, 1.165) is 37.6 Å². The molecule has 0 aliphatic carbocycles. The molecule has 29 heavy (non-hydrogen) atoms. The average Bonchev–Trinajstić information content (AvgIpc) is 2.71. The minimum absolute atomic E-state index is 0.000362. The third-order valence-electron chi connectivity index (χ3n) is 4.92. The highest BCUT2D eigenvalue weighted by Crippen LogP contribution is 2.33. The van der Waals surface area contributed by atoms with Gasteiger partial charge in [-0.15, -0.1) is 0 Å². The van der Waals surface area contributed by atoms with Crippen LogP contribution in [0.1, 0.15) is 17.5 Å². The summed E-state index contributed by atoms with van der Waals surface area (Å²) < 4.78 is 38.3. The molecule has 0 radical (unpaired) electrons. The van der Waals surface area contributed by atoms with Gasteiger partial charge in [0.1, 0.15) is 4.90 Å². The van der Waals surface area contributed by atoms with Crippen LogP contribution in [-0.4, -0.2) is 47.2 Å². The Morgan fingerprint density at radius 2 is 1.76 bits per heavy atom. The molecule has 0 saturated heterocycles. The van der Waals surface area contributed by atoms with Gasteiger partial charge < -0.3 is 9.47 Å². The Labute approximate surface area is 181 Å². The van der Waals surface area contributed by atoms with Gasteiger partial charge in [-0.05, 0) is 60.8 Å². The summed E-state index contributed by atoms with van der Waals surface area (Å²) in [5.74, 6) is 1.47. The first kappa shape index (κ1) is 22.2. The fourth-order valence-corrected chi connectivity index (χ4v) is 5.24. The van der Waals surface area contributed by atoms with Crippen LogP contribution in [0.2, 0.25) is 10.0 Å². The zero-order chi connectivity index (χ0) is 21.0. The molecule has 3 rings (SSSR count). The lowest BCUT2D eigenvalue weighted by Crippen LogP contribution is -2.34. The molecular weight excluding hydrogens is 435 g/mol. The number of halogens is 2. The number of nitrogens with one attached hydrogen (secondary N) is 1. The molecule has 1 aliphatic heterocycles. The van der Waals surface area contributed by atoms with E-state index in [-0.39, 0.29) is 9.92 Å². The van der Waals surface area contributed by atoms with Crippen molar-refractivity contribution >= 4 is 33.2 Å². The molecule has 0 bridgehead atoms. The zero-order valence-electron chi connectivity index (χ0n) is 16.4. The van der Waals surface area contributed by atoms with Crippen LogP contribution in [0, 0.1) is 0 Å². The topological polar surface area (TPSA) is 67.9 Å². The van der Waals surface area contributed by atoms with E-state index in [0.29, 0.717) is 18.0 Å². The number of sulfonamides is 1. The predicted octanol–water partition coefficient (Wildman–Crippen LogP) is 3.74. The van der Waals surface area contributed by atoms with Crippen LogP contribution in [-0.2, 0) is 23.0 Å². The molecule has 0 spiro atoms. The standard InChI is InChI=1S/C20H24Cl2N2O4S/c1-27-18-10-14-6-9-24(13-15(14)11-19(18)28-2)8-3-7-23-29(25,26)20-12-16(21)4-5-17(20)22/h4-5,10-12,23H,3,6-9,13H2,1-2H3. The van der Waals surface area contributed by atoms with Crippen LogP contribution in [0.5, 0.6) is 11.5 Å². The van der Waals surface area contributed by atoms with E-state index in [1.807, 2.05) is 12.1 Å². The van der Waals surface area contributed by atoms with Gasteiger partial charge in [0.25, 0.3) is 0 Å². The van der Waals surface area contributed by atoms with Crippen LogP contribution in [0.3, 0.4) is 0 Å². The number of fused-ring (bicyclic) bond motifs is 1. The minimum Gasteiger partial charge on any atom is -0.493 e. The molecule has 0 unspecified atom stereocenters. The van der Waals surface area contributed by atoms with Crippen molar-refractivity contribution in [1.82, 2.24) is 9.62 Å². The summed E-state index contributed by atoms with van der Waals surface area (Å²) in [6.45, 7) is 2.80. The van der Waals surface area contributed by atoms with Gasteiger partial charge in [0.05, 0.1) is 19.2 Å². The van der Waals surface area contributed by atoms with E-state index in [4.69, 9.17) is 32.7 Å². The van der Waals surface area contributed by atoms with E-state index in [9.17, 15) is 8.42 Å². The first-order valence-electron chi connectivity index (χ1n) is 9.25. The van der Waals surface area contributed by atoms with Gasteiger partial charge in [-0.2, -0.15) is 0 Å². The van der Waals surface area contributed by atoms with Gasteiger partial charge in [-0.3, -0.25) is 4.90 Å². The Bertz CT molecular complexity index is 983. The van der Waals surface area contributed by atoms with Gasteiger partial charge in [-0.1, -0.05) is 23.2 Å². The van der Waals surface area contributed by atoms with Crippen molar-refractivity contribution in [3.05, 3.63) is 51.5 Å². The highest BCUT2D eigenvalue weighted by molar-refractivity contribution is 7.89. The second-order valence-corrected chi connectivity index (χ2v) is 9.41. The van der Waals surface area contributed by atoms with Crippen LogP contribution < -0.4 is 14.2 Å². The van der Waals surface area contributed by atoms with E-state index in [2.05, 4.69) is 9.62 Å². The van der Waals surface area contributed by atoms with E-state index in [1.54, 1.807) is 20.3 Å². The summed E-state index contributed by atoms with van der Waals surface area (Å²) in [6.07, 6.45) is 1.60. The van der Waals surface area contributed by atoms with Gasteiger partial charge in [0.2, 0.25) is 10.0 Å². The highest BCUT2D eigenvalue weighted by atomic mass is 35.5. The summed E-state index contributed by atoms with van der Waals surface area (Å²) in [4.78, 5) is 2.30. The Balaban J connectivity index is 1.55. The molecule has 0 atom stereocenters. The number of ether oxygens (including phenoxy) is 2. The van der Waals surface area contributed by atoms with Crippen molar-refractivity contribution in [2.75, 3.05) is 33.9 Å². The fourth-order valence-electron chi connectivity index (χ4n) is 3.40. The zero-order valence-corrected chi connectivity index (χ0v) is 18.7. The molecule has 6 nitrogen and oxygen atoms in total. The summed E-state index contributed by atoms with van der Waals surface area (Å²) in [5, 5.41) is 0.479. The third kappa shape index (κ3) is 5.35. The van der Waals surface area contributed by atoms with Crippen molar-refractivity contribution < 1.29 is 17.9 Å². The second kappa shape index (κ2) is 9.53. The molecule has 0 aromatic heterocycles. The summed E-state index contributed by atoms with van der Waals surface area (Å²) >= 11 is 11.9. The molecule has 0 amide bonds. The number of nitrogens with zero attached hydrogens (tertiary/aromatic N) is 1. The largest absolute Gasteiger partial charge is 0.493 e. The molecular formula is C20H24Cl2N2O4S. The first-order valence-corrected chi connectivity index (χ1v) is 11.5. The number of benzene rings is 2. The number of hydrogen-bond acceptors (Lipinski definition) is 5. The lowest BCUT2D eigenvalue weighted by molar-refractivity contribution is 0.250. The number of hydrogen-bond donors (Lipinski definition) is 1. The molecule has 2 aromatic rings. The van der Waals surface area contributed by atoms with Crippen molar-refractivity contribution in [2.45, 2.75) is 24.3 Å². The number of rotatable bonds is 8. The Hall–Kier alpha value is -1.51. The van der Waals surface area contributed by atoms with Crippen molar-refractivity contribution in [2.24, 2.45) is 0 Å². The van der Waals surface area contributed by atoms with Crippen LogP contribution in [0.4, 0.5) is 0 Å². The van der Waals surface area contributed by atoms with Crippen LogP contribution >= 0.6 is 23.2 Å².